The summed E-state index contributed by atoms with van der Waals surface area (Å²) in [6.07, 6.45) is 0. The standard InChI is InChI=1S/C14H17N3/c1-4-15-14-11(3)10(2)13(16-17-14)12-8-6-5-7-9-12/h5-9H,4H2,1-3H3,(H,15,17). The Balaban J connectivity index is 2.48. The Morgan fingerprint density at radius 3 is 2.35 bits per heavy atom. The van der Waals surface area contributed by atoms with Crippen molar-refractivity contribution in [2.24, 2.45) is 0 Å². The van der Waals surface area contributed by atoms with Crippen molar-refractivity contribution in [1.29, 1.82) is 0 Å². The summed E-state index contributed by atoms with van der Waals surface area (Å²) in [5.41, 5.74) is 4.43. The molecule has 0 aliphatic rings. The zero-order valence-electron chi connectivity index (χ0n) is 10.5. The van der Waals surface area contributed by atoms with Crippen molar-refractivity contribution >= 4 is 5.82 Å². The van der Waals surface area contributed by atoms with Crippen LogP contribution in [0.3, 0.4) is 0 Å². The van der Waals surface area contributed by atoms with E-state index in [1.165, 1.54) is 11.1 Å². The van der Waals surface area contributed by atoms with Gasteiger partial charge in [0.1, 0.15) is 0 Å². The van der Waals surface area contributed by atoms with E-state index in [2.05, 4.69) is 48.4 Å². The Labute approximate surface area is 102 Å². The van der Waals surface area contributed by atoms with Crippen LogP contribution in [-0.4, -0.2) is 16.7 Å². The van der Waals surface area contributed by atoms with E-state index in [4.69, 9.17) is 0 Å². The summed E-state index contributed by atoms with van der Waals surface area (Å²) in [6, 6.07) is 10.2. The SMILES string of the molecule is CCNc1nnc(-c2ccccc2)c(C)c1C. The van der Waals surface area contributed by atoms with Crippen LogP contribution >= 0.6 is 0 Å². The Morgan fingerprint density at radius 1 is 1.00 bits per heavy atom. The maximum Gasteiger partial charge on any atom is 0.151 e. The minimum atomic E-state index is 0.861. The molecule has 1 heterocycles. The van der Waals surface area contributed by atoms with Gasteiger partial charge in [0.05, 0.1) is 5.69 Å². The molecule has 0 atom stereocenters. The van der Waals surface area contributed by atoms with Gasteiger partial charge in [0.15, 0.2) is 5.82 Å². The third kappa shape index (κ3) is 2.28. The molecule has 1 N–H and O–H groups in total. The molecule has 1 aromatic heterocycles. The molecule has 0 bridgehead atoms. The second-order valence-electron chi connectivity index (χ2n) is 4.04. The van der Waals surface area contributed by atoms with E-state index in [9.17, 15) is 0 Å². The average molecular weight is 227 g/mol. The van der Waals surface area contributed by atoms with Crippen LogP contribution in [0.1, 0.15) is 18.1 Å². The zero-order valence-corrected chi connectivity index (χ0v) is 10.5. The molecule has 0 amide bonds. The highest BCUT2D eigenvalue weighted by atomic mass is 15.2. The van der Waals surface area contributed by atoms with E-state index in [0.717, 1.165) is 23.6 Å². The summed E-state index contributed by atoms with van der Waals surface area (Å²) in [6.45, 7) is 7.09. The minimum absolute atomic E-state index is 0.861. The van der Waals surface area contributed by atoms with Gasteiger partial charge in [-0.25, -0.2) is 0 Å². The third-order valence-electron chi connectivity index (χ3n) is 2.91. The molecular formula is C14H17N3. The average Bonchev–Trinajstić information content (AvgIpc) is 2.36. The molecule has 2 aromatic rings. The number of nitrogens with one attached hydrogen (secondary N) is 1. The van der Waals surface area contributed by atoms with E-state index < -0.39 is 0 Å². The fraction of sp³-hybridized carbons (Fsp3) is 0.286. The fourth-order valence-electron chi connectivity index (χ4n) is 1.81. The number of hydrogen-bond donors (Lipinski definition) is 1. The van der Waals surface area contributed by atoms with Gasteiger partial charge in [-0.15, -0.1) is 10.2 Å². The summed E-state index contributed by atoms with van der Waals surface area (Å²) < 4.78 is 0. The number of nitrogens with zero attached hydrogens (tertiary/aromatic N) is 2. The molecule has 0 aliphatic carbocycles. The molecular weight excluding hydrogens is 210 g/mol. The Hall–Kier alpha value is -1.90. The van der Waals surface area contributed by atoms with E-state index >= 15 is 0 Å². The molecule has 0 fully saturated rings. The lowest BCUT2D eigenvalue weighted by Crippen LogP contribution is -2.06. The first-order valence-electron chi connectivity index (χ1n) is 5.87. The molecule has 0 radical (unpaired) electrons. The van der Waals surface area contributed by atoms with E-state index in [1.54, 1.807) is 0 Å². The minimum Gasteiger partial charge on any atom is -0.369 e. The maximum atomic E-state index is 4.32. The molecule has 1 aromatic carbocycles. The summed E-state index contributed by atoms with van der Waals surface area (Å²) in [5.74, 6) is 0.879. The monoisotopic (exact) mass is 227 g/mol. The Kier molecular flexibility index (Phi) is 3.38. The van der Waals surface area contributed by atoms with Crippen LogP contribution in [0.2, 0.25) is 0 Å². The number of anilines is 1. The lowest BCUT2D eigenvalue weighted by molar-refractivity contribution is 0.987. The molecule has 0 aliphatic heterocycles. The molecule has 0 unspecified atom stereocenters. The topological polar surface area (TPSA) is 37.8 Å². The van der Waals surface area contributed by atoms with Crippen molar-refractivity contribution < 1.29 is 0 Å². The number of hydrogen-bond acceptors (Lipinski definition) is 3. The van der Waals surface area contributed by atoms with Gasteiger partial charge in [0.2, 0.25) is 0 Å². The lowest BCUT2D eigenvalue weighted by atomic mass is 10.0. The first-order chi connectivity index (χ1) is 8.24. The highest BCUT2D eigenvalue weighted by Gasteiger charge is 2.10. The van der Waals surface area contributed by atoms with Crippen molar-refractivity contribution in [3.63, 3.8) is 0 Å². The number of rotatable bonds is 3. The van der Waals surface area contributed by atoms with Crippen LogP contribution in [0.4, 0.5) is 5.82 Å². The smallest absolute Gasteiger partial charge is 0.151 e. The Bertz CT molecular complexity index is 506. The summed E-state index contributed by atoms with van der Waals surface area (Å²) in [5, 5.41) is 11.8. The van der Waals surface area contributed by atoms with Crippen LogP contribution in [0.5, 0.6) is 0 Å². The van der Waals surface area contributed by atoms with Crippen LogP contribution < -0.4 is 5.32 Å². The van der Waals surface area contributed by atoms with E-state index in [-0.39, 0.29) is 0 Å². The van der Waals surface area contributed by atoms with Gasteiger partial charge in [-0.2, -0.15) is 0 Å². The number of aromatic nitrogens is 2. The van der Waals surface area contributed by atoms with E-state index in [0.29, 0.717) is 0 Å². The Morgan fingerprint density at radius 2 is 1.71 bits per heavy atom. The molecule has 0 saturated heterocycles. The summed E-state index contributed by atoms with van der Waals surface area (Å²) >= 11 is 0. The van der Waals surface area contributed by atoms with Crippen molar-refractivity contribution in [1.82, 2.24) is 10.2 Å². The second kappa shape index (κ2) is 4.95. The first kappa shape index (κ1) is 11.6. The third-order valence-corrected chi connectivity index (χ3v) is 2.91. The first-order valence-corrected chi connectivity index (χ1v) is 5.87. The predicted octanol–water partition coefficient (Wildman–Crippen LogP) is 3.19. The van der Waals surface area contributed by atoms with Crippen LogP contribution in [-0.2, 0) is 0 Å². The molecule has 3 nitrogen and oxygen atoms in total. The summed E-state index contributed by atoms with van der Waals surface area (Å²) in [4.78, 5) is 0. The van der Waals surface area contributed by atoms with Gasteiger partial charge in [-0.3, -0.25) is 0 Å². The van der Waals surface area contributed by atoms with Gasteiger partial charge >= 0.3 is 0 Å². The largest absolute Gasteiger partial charge is 0.369 e. The highest BCUT2D eigenvalue weighted by Crippen LogP contribution is 2.25. The van der Waals surface area contributed by atoms with Gasteiger partial charge in [0, 0.05) is 12.1 Å². The maximum absolute atomic E-state index is 4.32. The molecule has 0 saturated carbocycles. The molecule has 3 heteroatoms. The molecule has 0 spiro atoms. The van der Waals surface area contributed by atoms with Gasteiger partial charge < -0.3 is 5.32 Å². The van der Waals surface area contributed by atoms with Gasteiger partial charge in [-0.05, 0) is 31.9 Å². The zero-order chi connectivity index (χ0) is 12.3. The normalized spacial score (nSPS) is 10.3. The van der Waals surface area contributed by atoms with Crippen LogP contribution in [0.15, 0.2) is 30.3 Å². The van der Waals surface area contributed by atoms with Crippen molar-refractivity contribution in [2.75, 3.05) is 11.9 Å². The second-order valence-corrected chi connectivity index (χ2v) is 4.04. The van der Waals surface area contributed by atoms with Gasteiger partial charge in [0.25, 0.3) is 0 Å². The van der Waals surface area contributed by atoms with Crippen LogP contribution in [0.25, 0.3) is 11.3 Å². The highest BCUT2D eigenvalue weighted by molar-refractivity contribution is 5.66. The van der Waals surface area contributed by atoms with Crippen molar-refractivity contribution in [2.45, 2.75) is 20.8 Å². The van der Waals surface area contributed by atoms with Crippen LogP contribution in [0, 0.1) is 13.8 Å². The summed E-state index contributed by atoms with van der Waals surface area (Å²) in [7, 11) is 0. The predicted molar refractivity (Wildman–Crippen MR) is 71.1 cm³/mol. The van der Waals surface area contributed by atoms with E-state index in [1.807, 2.05) is 18.2 Å². The van der Waals surface area contributed by atoms with Gasteiger partial charge in [-0.1, -0.05) is 30.3 Å². The quantitative estimate of drug-likeness (QED) is 0.875. The molecule has 88 valence electrons. The lowest BCUT2D eigenvalue weighted by Gasteiger charge is -2.11. The fourth-order valence-corrected chi connectivity index (χ4v) is 1.81. The van der Waals surface area contributed by atoms with Crippen molar-refractivity contribution in [3.05, 3.63) is 41.5 Å². The van der Waals surface area contributed by atoms with Crippen molar-refractivity contribution in [3.8, 4) is 11.3 Å². The number of benzene rings is 1. The molecule has 2 rings (SSSR count). The molecule has 17 heavy (non-hydrogen) atoms.